The van der Waals surface area contributed by atoms with Gasteiger partial charge in [0.15, 0.2) is 0 Å². The topological polar surface area (TPSA) is 91.5 Å². The molecule has 0 radical (unpaired) electrons. The molecule has 0 saturated carbocycles. The van der Waals surface area contributed by atoms with Gasteiger partial charge in [0.05, 0.1) is 12.0 Å². The van der Waals surface area contributed by atoms with E-state index in [1.807, 2.05) is 30.5 Å². The summed E-state index contributed by atoms with van der Waals surface area (Å²) in [5.41, 5.74) is 1.70. The Labute approximate surface area is 169 Å². The molecule has 2 N–H and O–H groups in total. The van der Waals surface area contributed by atoms with E-state index in [4.69, 9.17) is 4.74 Å². The van der Waals surface area contributed by atoms with Crippen molar-refractivity contribution in [2.75, 3.05) is 25.5 Å². The van der Waals surface area contributed by atoms with Gasteiger partial charge in [0.25, 0.3) is 0 Å². The van der Waals surface area contributed by atoms with Crippen LogP contribution >= 0.6 is 0 Å². The average Bonchev–Trinajstić information content (AvgIpc) is 3.22. The first kappa shape index (κ1) is 19.5. The smallest absolute Gasteiger partial charge is 0.243 e. The monoisotopic (exact) mass is 413 g/mol. The van der Waals surface area contributed by atoms with Crippen LogP contribution in [-0.4, -0.2) is 43.8 Å². The number of nitrogens with zero attached hydrogens (tertiary/aromatic N) is 1. The van der Waals surface area contributed by atoms with Crippen LogP contribution < -0.4 is 10.1 Å². The molecule has 3 aromatic rings. The largest absolute Gasteiger partial charge is 0.497 e. The minimum Gasteiger partial charge on any atom is -0.497 e. The molecule has 8 heteroatoms. The molecule has 1 aromatic heterocycles. The Morgan fingerprint density at radius 3 is 2.52 bits per heavy atom. The molecule has 0 atom stereocenters. The molecule has 152 valence electrons. The summed E-state index contributed by atoms with van der Waals surface area (Å²) in [4.78, 5) is 16.0. The second-order valence-electron chi connectivity index (χ2n) is 7.12. The standard InChI is InChI=1S/C21H23N3O4S/c1-28-18-4-6-19(7-5-18)29(26,27)24-12-9-16(10-13-24)21(25)23-17-3-2-15-8-11-22-20(15)14-17/h2-8,11,14,16,22H,9-10,12-13H2,1H3,(H,23,25). The summed E-state index contributed by atoms with van der Waals surface area (Å²) in [5, 5.41) is 4.03. The third kappa shape index (κ3) is 3.99. The first-order valence-electron chi connectivity index (χ1n) is 9.49. The van der Waals surface area contributed by atoms with Crippen molar-refractivity contribution in [3.63, 3.8) is 0 Å². The van der Waals surface area contributed by atoms with E-state index in [1.165, 1.54) is 11.4 Å². The molecule has 0 spiro atoms. The number of benzene rings is 2. The van der Waals surface area contributed by atoms with Crippen LogP contribution in [0, 0.1) is 5.92 Å². The van der Waals surface area contributed by atoms with E-state index in [1.54, 1.807) is 24.3 Å². The van der Waals surface area contributed by atoms with Crippen LogP contribution in [0.3, 0.4) is 0 Å². The Bertz CT molecular complexity index is 1110. The number of rotatable bonds is 5. The first-order chi connectivity index (χ1) is 14.0. The lowest BCUT2D eigenvalue weighted by Gasteiger charge is -2.30. The number of nitrogens with one attached hydrogen (secondary N) is 2. The van der Waals surface area contributed by atoms with Crippen molar-refractivity contribution in [2.45, 2.75) is 17.7 Å². The molecule has 0 bridgehead atoms. The van der Waals surface area contributed by atoms with Crippen LogP contribution in [0.2, 0.25) is 0 Å². The van der Waals surface area contributed by atoms with Gasteiger partial charge in [-0.15, -0.1) is 0 Å². The maximum Gasteiger partial charge on any atom is 0.243 e. The summed E-state index contributed by atoms with van der Waals surface area (Å²) in [6.45, 7) is 0.643. The maximum absolute atomic E-state index is 12.8. The number of H-pyrrole nitrogens is 1. The highest BCUT2D eigenvalue weighted by Crippen LogP contribution is 2.26. The molecule has 29 heavy (non-hydrogen) atoms. The lowest BCUT2D eigenvalue weighted by atomic mass is 9.97. The van der Waals surface area contributed by atoms with Crippen LogP contribution in [0.25, 0.3) is 10.9 Å². The van der Waals surface area contributed by atoms with E-state index in [-0.39, 0.29) is 16.7 Å². The normalized spacial score (nSPS) is 16.0. The number of hydrogen-bond donors (Lipinski definition) is 2. The molecular weight excluding hydrogens is 390 g/mol. The van der Waals surface area contributed by atoms with Crippen LogP contribution in [-0.2, 0) is 14.8 Å². The van der Waals surface area contributed by atoms with Gasteiger partial charge in [-0.2, -0.15) is 4.31 Å². The Kier molecular flexibility index (Phi) is 5.29. The Morgan fingerprint density at radius 1 is 1.10 bits per heavy atom. The molecule has 1 aliphatic heterocycles. The molecule has 4 rings (SSSR count). The Morgan fingerprint density at radius 2 is 1.83 bits per heavy atom. The number of hydrogen-bond acceptors (Lipinski definition) is 4. The molecule has 2 aromatic carbocycles. The number of ether oxygens (including phenoxy) is 1. The second-order valence-corrected chi connectivity index (χ2v) is 9.06. The number of carbonyl (C=O) groups excluding carboxylic acids is 1. The van der Waals surface area contributed by atoms with Crippen LogP contribution in [0.5, 0.6) is 5.75 Å². The number of fused-ring (bicyclic) bond motifs is 1. The van der Waals surface area contributed by atoms with Gasteiger partial charge < -0.3 is 15.0 Å². The summed E-state index contributed by atoms with van der Waals surface area (Å²) in [5.74, 6) is 0.325. The average molecular weight is 413 g/mol. The fraction of sp³-hybridized carbons (Fsp3) is 0.286. The van der Waals surface area contributed by atoms with Crippen LogP contribution in [0.4, 0.5) is 5.69 Å². The summed E-state index contributed by atoms with van der Waals surface area (Å²) in [7, 11) is -2.03. The number of carbonyl (C=O) groups is 1. The predicted molar refractivity (Wildman–Crippen MR) is 111 cm³/mol. The number of anilines is 1. The fourth-order valence-corrected chi connectivity index (χ4v) is 5.09. The SMILES string of the molecule is COc1ccc(S(=O)(=O)N2CCC(C(=O)Nc3ccc4cc[nH]c4c3)CC2)cc1. The van der Waals surface area contributed by atoms with Crippen molar-refractivity contribution in [1.29, 1.82) is 0 Å². The molecular formula is C21H23N3O4S. The van der Waals surface area contributed by atoms with Crippen LogP contribution in [0.1, 0.15) is 12.8 Å². The quantitative estimate of drug-likeness (QED) is 0.672. The third-order valence-corrected chi connectivity index (χ3v) is 7.26. The fourth-order valence-electron chi connectivity index (χ4n) is 3.63. The minimum atomic E-state index is -3.57. The zero-order valence-electron chi connectivity index (χ0n) is 16.1. The van der Waals surface area contributed by atoms with E-state index < -0.39 is 10.0 Å². The molecule has 1 amide bonds. The zero-order valence-corrected chi connectivity index (χ0v) is 16.9. The van der Waals surface area contributed by atoms with E-state index in [2.05, 4.69) is 10.3 Å². The summed E-state index contributed by atoms with van der Waals surface area (Å²) < 4.78 is 32.2. The highest BCUT2D eigenvalue weighted by molar-refractivity contribution is 7.89. The number of sulfonamides is 1. The number of piperidine rings is 1. The van der Waals surface area contributed by atoms with Crippen molar-refractivity contribution in [3.05, 3.63) is 54.7 Å². The van der Waals surface area contributed by atoms with Crippen molar-refractivity contribution < 1.29 is 17.9 Å². The van der Waals surface area contributed by atoms with E-state index in [0.29, 0.717) is 31.7 Å². The summed E-state index contributed by atoms with van der Waals surface area (Å²) >= 11 is 0. The van der Waals surface area contributed by atoms with Crippen LogP contribution in [0.15, 0.2) is 59.6 Å². The molecule has 7 nitrogen and oxygen atoms in total. The van der Waals surface area contributed by atoms with Gasteiger partial charge in [-0.3, -0.25) is 4.79 Å². The van der Waals surface area contributed by atoms with Gasteiger partial charge in [0.2, 0.25) is 15.9 Å². The van der Waals surface area contributed by atoms with Crippen molar-refractivity contribution >= 4 is 32.5 Å². The van der Waals surface area contributed by atoms with Gasteiger partial charge in [0.1, 0.15) is 5.75 Å². The zero-order chi connectivity index (χ0) is 20.4. The lowest BCUT2D eigenvalue weighted by molar-refractivity contribution is -0.120. The summed E-state index contributed by atoms with van der Waals surface area (Å²) in [6.07, 6.45) is 2.84. The van der Waals surface area contributed by atoms with Crippen molar-refractivity contribution in [2.24, 2.45) is 5.92 Å². The predicted octanol–water partition coefficient (Wildman–Crippen LogP) is 3.22. The van der Waals surface area contributed by atoms with E-state index in [9.17, 15) is 13.2 Å². The molecule has 1 saturated heterocycles. The highest BCUT2D eigenvalue weighted by atomic mass is 32.2. The van der Waals surface area contributed by atoms with Gasteiger partial charge in [-0.25, -0.2) is 8.42 Å². The number of aromatic nitrogens is 1. The number of methoxy groups -OCH3 is 1. The third-order valence-electron chi connectivity index (χ3n) is 5.34. The first-order valence-corrected chi connectivity index (χ1v) is 10.9. The second kappa shape index (κ2) is 7.88. The molecule has 0 unspecified atom stereocenters. The Hall–Kier alpha value is -2.84. The van der Waals surface area contributed by atoms with Gasteiger partial charge >= 0.3 is 0 Å². The van der Waals surface area contributed by atoms with E-state index >= 15 is 0 Å². The number of aromatic amines is 1. The van der Waals surface area contributed by atoms with Gasteiger partial charge in [-0.05, 0) is 60.7 Å². The highest BCUT2D eigenvalue weighted by Gasteiger charge is 2.32. The molecule has 0 aliphatic carbocycles. The maximum atomic E-state index is 12.8. The van der Waals surface area contributed by atoms with Gasteiger partial charge in [-0.1, -0.05) is 6.07 Å². The van der Waals surface area contributed by atoms with Gasteiger partial charge in [0, 0.05) is 36.4 Å². The molecule has 2 heterocycles. The minimum absolute atomic E-state index is 0.0719. The molecule has 1 aliphatic rings. The van der Waals surface area contributed by atoms with Crippen molar-refractivity contribution in [3.8, 4) is 5.75 Å². The lowest BCUT2D eigenvalue weighted by Crippen LogP contribution is -2.41. The summed E-state index contributed by atoms with van der Waals surface area (Å²) in [6, 6.07) is 14.1. The number of amides is 1. The van der Waals surface area contributed by atoms with E-state index in [0.717, 1.165) is 16.6 Å². The Balaban J connectivity index is 1.38. The molecule has 1 fully saturated rings. The van der Waals surface area contributed by atoms with Crippen molar-refractivity contribution in [1.82, 2.24) is 9.29 Å².